The SMILES string of the molecule is CCCCCCCCCCCCCCCC(C)C[N+](C)(C)CCO. The predicted molar refractivity (Wildman–Crippen MR) is 108 cm³/mol. The first kappa shape index (κ1) is 23.9. The quantitative estimate of drug-likeness (QED) is 0.233. The molecule has 0 aliphatic carbocycles. The molecule has 0 fully saturated rings. The van der Waals surface area contributed by atoms with Gasteiger partial charge in [-0.25, -0.2) is 0 Å². The van der Waals surface area contributed by atoms with E-state index in [0.29, 0.717) is 6.61 Å². The van der Waals surface area contributed by atoms with E-state index in [2.05, 4.69) is 27.9 Å². The number of aliphatic hydroxyl groups excluding tert-OH is 1. The minimum Gasteiger partial charge on any atom is -0.391 e. The number of aliphatic hydroxyl groups is 1. The molecule has 0 amide bonds. The molecule has 0 saturated carbocycles. The predicted octanol–water partition coefficient (Wildman–Crippen LogP) is 6.17. The van der Waals surface area contributed by atoms with Crippen LogP contribution in [0.15, 0.2) is 0 Å². The molecule has 0 heterocycles. The fourth-order valence-corrected chi connectivity index (χ4v) is 3.81. The molecule has 0 aliphatic heterocycles. The van der Waals surface area contributed by atoms with E-state index in [-0.39, 0.29) is 0 Å². The Bertz CT molecular complexity index is 252. The van der Waals surface area contributed by atoms with E-state index in [9.17, 15) is 0 Å². The highest BCUT2D eigenvalue weighted by Gasteiger charge is 2.18. The monoisotopic (exact) mass is 342 g/mol. The Morgan fingerprint density at radius 1 is 0.708 bits per heavy atom. The minimum atomic E-state index is 0.304. The average molecular weight is 343 g/mol. The molecule has 146 valence electrons. The standard InChI is InChI=1S/C22H48NO/c1-5-6-7-8-9-10-11-12-13-14-15-16-17-18-22(2)21-23(3,4)19-20-24/h22,24H,5-21H2,1-4H3/q+1. The van der Waals surface area contributed by atoms with Gasteiger partial charge in [0.1, 0.15) is 6.54 Å². The van der Waals surface area contributed by atoms with E-state index in [1.807, 2.05) is 0 Å². The van der Waals surface area contributed by atoms with Gasteiger partial charge in [-0.15, -0.1) is 0 Å². The lowest BCUT2D eigenvalue weighted by Crippen LogP contribution is -2.44. The van der Waals surface area contributed by atoms with Crippen LogP contribution in [0, 0.1) is 5.92 Å². The molecule has 0 radical (unpaired) electrons. The Kier molecular flexibility index (Phi) is 16.3. The molecule has 0 bridgehead atoms. The molecule has 0 saturated heterocycles. The van der Waals surface area contributed by atoms with E-state index in [4.69, 9.17) is 5.11 Å². The Hall–Kier alpha value is -0.0800. The number of unbranched alkanes of at least 4 members (excludes halogenated alkanes) is 12. The fraction of sp³-hybridized carbons (Fsp3) is 1.00. The maximum atomic E-state index is 9.10. The topological polar surface area (TPSA) is 20.2 Å². The van der Waals surface area contributed by atoms with Gasteiger partial charge in [-0.3, -0.25) is 0 Å². The van der Waals surface area contributed by atoms with Gasteiger partial charge in [-0.1, -0.05) is 97.3 Å². The van der Waals surface area contributed by atoms with E-state index < -0.39 is 0 Å². The molecular weight excluding hydrogens is 294 g/mol. The van der Waals surface area contributed by atoms with Gasteiger partial charge >= 0.3 is 0 Å². The zero-order valence-electron chi connectivity index (χ0n) is 17.5. The summed E-state index contributed by atoms with van der Waals surface area (Å²) in [5.41, 5.74) is 0. The van der Waals surface area contributed by atoms with Crippen LogP contribution in [-0.4, -0.2) is 43.4 Å². The highest BCUT2D eigenvalue weighted by atomic mass is 16.3. The lowest BCUT2D eigenvalue weighted by molar-refractivity contribution is -0.893. The largest absolute Gasteiger partial charge is 0.391 e. The summed E-state index contributed by atoms with van der Waals surface area (Å²) in [4.78, 5) is 0. The van der Waals surface area contributed by atoms with Crippen LogP contribution in [0.25, 0.3) is 0 Å². The highest BCUT2D eigenvalue weighted by molar-refractivity contribution is 4.54. The van der Waals surface area contributed by atoms with Crippen molar-refractivity contribution >= 4 is 0 Å². The number of nitrogens with zero attached hydrogens (tertiary/aromatic N) is 1. The van der Waals surface area contributed by atoms with Crippen molar-refractivity contribution < 1.29 is 9.59 Å². The summed E-state index contributed by atoms with van der Waals surface area (Å²) in [6.07, 6.45) is 20.0. The van der Waals surface area contributed by atoms with Crippen molar-refractivity contribution in [1.29, 1.82) is 0 Å². The Labute approximate surface area is 153 Å². The molecule has 0 aromatic heterocycles. The first-order valence-electron chi connectivity index (χ1n) is 10.9. The van der Waals surface area contributed by atoms with Crippen molar-refractivity contribution in [3.05, 3.63) is 0 Å². The average Bonchev–Trinajstić information content (AvgIpc) is 2.51. The van der Waals surface area contributed by atoms with Gasteiger partial charge in [0, 0.05) is 5.92 Å². The van der Waals surface area contributed by atoms with Gasteiger partial charge in [-0.2, -0.15) is 0 Å². The van der Waals surface area contributed by atoms with Gasteiger partial charge in [-0.05, 0) is 6.42 Å². The van der Waals surface area contributed by atoms with Crippen LogP contribution in [0.5, 0.6) is 0 Å². The summed E-state index contributed by atoms with van der Waals surface area (Å²) >= 11 is 0. The van der Waals surface area contributed by atoms with E-state index >= 15 is 0 Å². The van der Waals surface area contributed by atoms with Gasteiger partial charge in [0.15, 0.2) is 0 Å². The van der Waals surface area contributed by atoms with Gasteiger partial charge in [0.05, 0.1) is 27.2 Å². The van der Waals surface area contributed by atoms with Gasteiger partial charge < -0.3 is 9.59 Å². The lowest BCUT2D eigenvalue weighted by atomic mass is 10.00. The van der Waals surface area contributed by atoms with Crippen LogP contribution in [0.1, 0.15) is 104 Å². The molecular formula is C22H48NO+. The molecule has 0 rings (SSSR count). The van der Waals surface area contributed by atoms with Crippen LogP contribution >= 0.6 is 0 Å². The first-order valence-corrected chi connectivity index (χ1v) is 10.9. The second-order valence-corrected chi connectivity index (χ2v) is 8.70. The highest BCUT2D eigenvalue weighted by Crippen LogP contribution is 2.16. The maximum absolute atomic E-state index is 9.10. The van der Waals surface area contributed by atoms with Crippen molar-refractivity contribution in [2.45, 2.75) is 104 Å². The summed E-state index contributed by atoms with van der Waals surface area (Å²) in [5, 5.41) is 9.10. The van der Waals surface area contributed by atoms with E-state index in [1.165, 1.54) is 96.4 Å². The molecule has 2 nitrogen and oxygen atoms in total. The van der Waals surface area contributed by atoms with Gasteiger partial charge in [0.2, 0.25) is 0 Å². The minimum absolute atomic E-state index is 0.304. The fourth-order valence-electron chi connectivity index (χ4n) is 3.81. The molecule has 1 unspecified atom stereocenters. The number of likely N-dealkylation sites (N-methyl/N-ethyl adjacent to an activating group) is 1. The molecule has 0 aliphatic rings. The van der Waals surface area contributed by atoms with Crippen molar-refractivity contribution in [3.8, 4) is 0 Å². The van der Waals surface area contributed by atoms with Gasteiger partial charge in [0.25, 0.3) is 0 Å². The summed E-state index contributed by atoms with van der Waals surface area (Å²) < 4.78 is 0.954. The van der Waals surface area contributed by atoms with E-state index in [1.54, 1.807) is 0 Å². The van der Waals surface area contributed by atoms with Crippen LogP contribution in [0.3, 0.4) is 0 Å². The van der Waals surface area contributed by atoms with Crippen molar-refractivity contribution in [2.75, 3.05) is 33.8 Å². The van der Waals surface area contributed by atoms with Crippen molar-refractivity contribution in [2.24, 2.45) is 5.92 Å². The molecule has 0 spiro atoms. The second kappa shape index (κ2) is 16.4. The molecule has 1 atom stereocenters. The number of rotatable bonds is 18. The van der Waals surface area contributed by atoms with Crippen LogP contribution in [0.2, 0.25) is 0 Å². The van der Waals surface area contributed by atoms with Crippen LogP contribution in [-0.2, 0) is 0 Å². The molecule has 1 N–H and O–H groups in total. The maximum Gasteiger partial charge on any atom is 0.102 e. The number of quaternary nitrogens is 1. The number of hydrogen-bond acceptors (Lipinski definition) is 1. The molecule has 0 aromatic carbocycles. The Morgan fingerprint density at radius 3 is 1.54 bits per heavy atom. The number of hydrogen-bond donors (Lipinski definition) is 1. The molecule has 2 heteroatoms. The van der Waals surface area contributed by atoms with E-state index in [0.717, 1.165) is 16.9 Å². The second-order valence-electron chi connectivity index (χ2n) is 8.70. The lowest BCUT2D eigenvalue weighted by Gasteiger charge is -2.31. The third-order valence-electron chi connectivity index (χ3n) is 5.31. The normalized spacial score (nSPS) is 13.4. The van der Waals surface area contributed by atoms with Crippen LogP contribution in [0.4, 0.5) is 0 Å². The van der Waals surface area contributed by atoms with Crippen molar-refractivity contribution in [1.82, 2.24) is 0 Å². The smallest absolute Gasteiger partial charge is 0.102 e. The molecule has 0 aromatic rings. The summed E-state index contributed by atoms with van der Waals surface area (Å²) in [7, 11) is 4.47. The Morgan fingerprint density at radius 2 is 1.12 bits per heavy atom. The van der Waals surface area contributed by atoms with Crippen molar-refractivity contribution in [3.63, 3.8) is 0 Å². The summed E-state index contributed by atoms with van der Waals surface area (Å²) in [6.45, 7) is 7.04. The third kappa shape index (κ3) is 16.8. The molecule has 24 heavy (non-hydrogen) atoms. The third-order valence-corrected chi connectivity index (χ3v) is 5.31. The summed E-state index contributed by atoms with van der Waals surface area (Å²) in [5.74, 6) is 0.777. The first-order chi connectivity index (χ1) is 11.5. The summed E-state index contributed by atoms with van der Waals surface area (Å²) in [6, 6.07) is 0. The zero-order chi connectivity index (χ0) is 18.1. The zero-order valence-corrected chi connectivity index (χ0v) is 17.5. The van der Waals surface area contributed by atoms with Crippen LogP contribution < -0.4 is 0 Å². The Balaban J connectivity index is 3.27.